The Morgan fingerprint density at radius 3 is 2.42 bits per heavy atom. The Morgan fingerprint density at radius 1 is 1.15 bits per heavy atom. The minimum atomic E-state index is -4.51. The lowest BCUT2D eigenvalue weighted by Crippen LogP contribution is -2.37. The molecule has 0 saturated heterocycles. The van der Waals surface area contributed by atoms with E-state index in [0.717, 1.165) is 35.2 Å². The number of hydrogen-bond acceptors (Lipinski definition) is 6. The zero-order chi connectivity index (χ0) is 24.4. The number of carboxylic acid groups (broad SMARTS) is 1. The van der Waals surface area contributed by atoms with Gasteiger partial charge in [0, 0.05) is 12.7 Å². The number of benzene rings is 1. The molecule has 7 nitrogen and oxygen atoms in total. The van der Waals surface area contributed by atoms with Crippen LogP contribution in [0.4, 0.5) is 13.2 Å². The number of nitrogens with one attached hydrogen (secondary N) is 1. The van der Waals surface area contributed by atoms with E-state index in [1.165, 1.54) is 13.8 Å². The highest BCUT2D eigenvalue weighted by Crippen LogP contribution is 2.33. The second kappa shape index (κ2) is 9.18. The van der Waals surface area contributed by atoms with Crippen LogP contribution in [0.2, 0.25) is 0 Å². The molecule has 3 aromatic rings. The van der Waals surface area contributed by atoms with E-state index in [4.69, 9.17) is 9.84 Å². The molecule has 174 valence electrons. The van der Waals surface area contributed by atoms with Crippen molar-refractivity contribution in [1.82, 2.24) is 15.3 Å². The van der Waals surface area contributed by atoms with E-state index in [-0.39, 0.29) is 22.1 Å². The maximum atomic E-state index is 13.0. The summed E-state index contributed by atoms with van der Waals surface area (Å²) in [5, 5.41) is 12.1. The van der Waals surface area contributed by atoms with Crippen molar-refractivity contribution < 1.29 is 32.6 Å². The fourth-order valence-electron chi connectivity index (χ4n) is 2.72. The van der Waals surface area contributed by atoms with E-state index < -0.39 is 29.2 Å². The number of amides is 1. The maximum Gasteiger partial charge on any atom is 0.416 e. The summed E-state index contributed by atoms with van der Waals surface area (Å²) in [5.41, 5.74) is -1.06. The normalized spacial score (nSPS) is 11.8. The van der Waals surface area contributed by atoms with Crippen LogP contribution < -0.4 is 10.1 Å². The van der Waals surface area contributed by atoms with Gasteiger partial charge in [0.2, 0.25) is 0 Å². The largest absolute Gasteiger partial charge is 0.478 e. The van der Waals surface area contributed by atoms with Gasteiger partial charge in [0.05, 0.1) is 17.0 Å². The average Bonchev–Trinajstić information content (AvgIpc) is 3.14. The Kier molecular flexibility index (Phi) is 6.73. The first kappa shape index (κ1) is 24.2. The van der Waals surface area contributed by atoms with Crippen LogP contribution in [0.3, 0.4) is 0 Å². The van der Waals surface area contributed by atoms with E-state index in [0.29, 0.717) is 11.4 Å². The standard InChI is InChI=1S/C22H20F3N3O4S/c1-12-17(33-19(28-12)16-10-14(8-9-26-16)22(23,24)25)18(29)27-11-13-4-6-15(7-5-13)32-21(2,3)20(30)31/h4-10H,11H2,1-3H3,(H,27,29)(H,30,31). The number of carboxylic acids is 1. The number of pyridine rings is 1. The highest BCUT2D eigenvalue weighted by Gasteiger charge is 2.31. The lowest BCUT2D eigenvalue weighted by atomic mass is 10.1. The smallest absolute Gasteiger partial charge is 0.416 e. The lowest BCUT2D eigenvalue weighted by Gasteiger charge is -2.21. The fourth-order valence-corrected chi connectivity index (χ4v) is 3.67. The number of carbonyl (C=O) groups excluding carboxylic acids is 1. The van der Waals surface area contributed by atoms with Gasteiger partial charge in [0.15, 0.2) is 5.60 Å². The molecule has 2 N–H and O–H groups in total. The van der Waals surface area contributed by atoms with Gasteiger partial charge in [-0.25, -0.2) is 9.78 Å². The van der Waals surface area contributed by atoms with Crippen LogP contribution in [0.5, 0.6) is 5.75 Å². The van der Waals surface area contributed by atoms with Crippen molar-refractivity contribution in [2.75, 3.05) is 0 Å². The van der Waals surface area contributed by atoms with Gasteiger partial charge in [-0.3, -0.25) is 9.78 Å². The van der Waals surface area contributed by atoms with Crippen molar-refractivity contribution in [3.05, 3.63) is 64.3 Å². The lowest BCUT2D eigenvalue weighted by molar-refractivity contribution is -0.152. The molecule has 3 rings (SSSR count). The van der Waals surface area contributed by atoms with Crippen LogP contribution in [-0.2, 0) is 17.5 Å². The maximum absolute atomic E-state index is 13.0. The molecule has 33 heavy (non-hydrogen) atoms. The van der Waals surface area contributed by atoms with Crippen molar-refractivity contribution in [3.63, 3.8) is 0 Å². The second-order valence-corrected chi connectivity index (χ2v) is 8.60. The average molecular weight is 479 g/mol. The van der Waals surface area contributed by atoms with Crippen LogP contribution in [0, 0.1) is 6.92 Å². The summed E-state index contributed by atoms with van der Waals surface area (Å²) >= 11 is 0.958. The number of aryl methyl sites for hydroxylation is 1. The highest BCUT2D eigenvalue weighted by atomic mass is 32.1. The molecule has 0 spiro atoms. The minimum absolute atomic E-state index is 0.0387. The summed E-state index contributed by atoms with van der Waals surface area (Å²) in [6.07, 6.45) is -3.45. The first-order valence-corrected chi connectivity index (χ1v) is 10.5. The van der Waals surface area contributed by atoms with E-state index in [1.54, 1.807) is 31.2 Å². The Balaban J connectivity index is 1.67. The molecule has 11 heteroatoms. The molecule has 0 aliphatic rings. The zero-order valence-corrected chi connectivity index (χ0v) is 18.7. The predicted molar refractivity (Wildman–Crippen MR) is 115 cm³/mol. The van der Waals surface area contributed by atoms with Crippen molar-refractivity contribution in [1.29, 1.82) is 0 Å². The van der Waals surface area contributed by atoms with E-state index in [2.05, 4.69) is 15.3 Å². The molecule has 0 fully saturated rings. The number of thiazole rings is 1. The molecule has 0 atom stereocenters. The molecular weight excluding hydrogens is 459 g/mol. The van der Waals surface area contributed by atoms with Gasteiger partial charge in [-0.2, -0.15) is 13.2 Å². The van der Waals surface area contributed by atoms with Gasteiger partial charge in [0.25, 0.3) is 5.91 Å². The van der Waals surface area contributed by atoms with E-state index in [1.807, 2.05) is 0 Å². The van der Waals surface area contributed by atoms with Gasteiger partial charge in [-0.05, 0) is 50.6 Å². The SMILES string of the molecule is Cc1nc(-c2cc(C(F)(F)F)ccn2)sc1C(=O)NCc1ccc(OC(C)(C)C(=O)O)cc1. The van der Waals surface area contributed by atoms with Crippen LogP contribution in [-0.4, -0.2) is 32.6 Å². The summed E-state index contributed by atoms with van der Waals surface area (Å²) in [5.74, 6) is -1.15. The third-order valence-electron chi connectivity index (χ3n) is 4.57. The van der Waals surface area contributed by atoms with Gasteiger partial charge in [0.1, 0.15) is 15.6 Å². The Bertz CT molecular complexity index is 1170. The number of rotatable bonds is 7. The Labute approximate surface area is 191 Å². The molecule has 0 aliphatic carbocycles. The fraction of sp³-hybridized carbons (Fsp3) is 0.273. The Morgan fingerprint density at radius 2 is 1.82 bits per heavy atom. The number of ether oxygens (including phenoxy) is 1. The first-order valence-electron chi connectivity index (χ1n) is 9.67. The number of carbonyl (C=O) groups is 2. The number of aromatic nitrogens is 2. The van der Waals surface area contributed by atoms with Crippen molar-refractivity contribution >= 4 is 23.2 Å². The molecule has 0 bridgehead atoms. The van der Waals surface area contributed by atoms with Gasteiger partial charge >= 0.3 is 12.1 Å². The Hall–Kier alpha value is -3.47. The van der Waals surface area contributed by atoms with Gasteiger partial charge in [-0.15, -0.1) is 11.3 Å². The third kappa shape index (κ3) is 5.86. The summed E-state index contributed by atoms with van der Waals surface area (Å²) in [6.45, 7) is 4.64. The van der Waals surface area contributed by atoms with E-state index in [9.17, 15) is 22.8 Å². The van der Waals surface area contributed by atoms with Gasteiger partial charge < -0.3 is 15.2 Å². The molecule has 1 amide bonds. The number of aliphatic carboxylic acids is 1. The molecule has 2 aromatic heterocycles. The summed E-state index contributed by atoms with van der Waals surface area (Å²) < 4.78 is 44.3. The third-order valence-corrected chi connectivity index (χ3v) is 5.75. The van der Waals surface area contributed by atoms with Crippen molar-refractivity contribution in [2.24, 2.45) is 0 Å². The van der Waals surface area contributed by atoms with E-state index >= 15 is 0 Å². The number of hydrogen-bond donors (Lipinski definition) is 2. The van der Waals surface area contributed by atoms with Crippen LogP contribution in [0.25, 0.3) is 10.7 Å². The number of nitrogens with zero attached hydrogens (tertiary/aromatic N) is 2. The molecule has 0 radical (unpaired) electrons. The topological polar surface area (TPSA) is 101 Å². The molecule has 0 saturated carbocycles. The predicted octanol–water partition coefficient (Wildman–Crippen LogP) is 4.70. The summed E-state index contributed by atoms with van der Waals surface area (Å²) in [4.78, 5) is 32.2. The summed E-state index contributed by atoms with van der Waals surface area (Å²) in [7, 11) is 0. The zero-order valence-electron chi connectivity index (χ0n) is 17.9. The van der Waals surface area contributed by atoms with Crippen LogP contribution in [0.1, 0.15) is 40.3 Å². The summed E-state index contributed by atoms with van der Waals surface area (Å²) in [6, 6.07) is 8.34. The first-order chi connectivity index (χ1) is 15.4. The number of halogens is 3. The second-order valence-electron chi connectivity index (χ2n) is 7.61. The van der Waals surface area contributed by atoms with Gasteiger partial charge in [-0.1, -0.05) is 12.1 Å². The van der Waals surface area contributed by atoms with Crippen LogP contribution >= 0.6 is 11.3 Å². The monoisotopic (exact) mass is 479 g/mol. The quantitative estimate of drug-likeness (QED) is 0.509. The molecule has 1 aromatic carbocycles. The highest BCUT2D eigenvalue weighted by molar-refractivity contribution is 7.17. The molecule has 0 aliphatic heterocycles. The molecule has 2 heterocycles. The van der Waals surface area contributed by atoms with Crippen molar-refractivity contribution in [2.45, 2.75) is 39.1 Å². The van der Waals surface area contributed by atoms with Crippen LogP contribution in [0.15, 0.2) is 42.6 Å². The minimum Gasteiger partial charge on any atom is -0.478 e. The molecule has 0 unspecified atom stereocenters. The number of alkyl halides is 3. The molecular formula is C22H20F3N3O4S. The van der Waals surface area contributed by atoms with Crippen molar-refractivity contribution in [3.8, 4) is 16.5 Å².